The number of rotatable bonds is 4. The van der Waals surface area contributed by atoms with Crippen LogP contribution in [0, 0.1) is 6.92 Å². The first-order valence-corrected chi connectivity index (χ1v) is 8.34. The maximum absolute atomic E-state index is 11.6. The van der Waals surface area contributed by atoms with Gasteiger partial charge in [-0.1, -0.05) is 0 Å². The third-order valence-electron chi connectivity index (χ3n) is 2.88. The number of esters is 1. The van der Waals surface area contributed by atoms with Crippen molar-refractivity contribution in [3.8, 4) is 5.75 Å². The van der Waals surface area contributed by atoms with E-state index in [2.05, 4.69) is 4.98 Å². The number of aryl methyl sites for hydroxylation is 1. The molecule has 2 aromatic heterocycles. The Hall–Kier alpha value is -1.66. The van der Waals surface area contributed by atoms with Gasteiger partial charge in [0, 0.05) is 11.5 Å². The molecule has 0 amide bonds. The minimum absolute atomic E-state index is 0.0770. The van der Waals surface area contributed by atoms with Crippen molar-refractivity contribution >= 4 is 48.9 Å². The molecule has 3 aromatic rings. The number of thiophene rings is 1. The molecule has 0 fully saturated rings. The molecule has 0 saturated heterocycles. The number of thiazole rings is 1. The second kappa shape index (κ2) is 5.61. The zero-order valence-electron chi connectivity index (χ0n) is 12.0. The van der Waals surface area contributed by atoms with E-state index in [9.17, 15) is 4.79 Å². The van der Waals surface area contributed by atoms with Gasteiger partial charge in [0.1, 0.15) is 5.75 Å². The Morgan fingerprint density at radius 1 is 1.43 bits per heavy atom. The number of hydrogen-bond donors (Lipinski definition) is 0. The van der Waals surface area contributed by atoms with Gasteiger partial charge in [0.25, 0.3) is 0 Å². The Morgan fingerprint density at radius 3 is 3.00 bits per heavy atom. The van der Waals surface area contributed by atoms with E-state index in [1.54, 1.807) is 22.7 Å². The quantitative estimate of drug-likeness (QED) is 0.677. The van der Waals surface area contributed by atoms with E-state index in [4.69, 9.17) is 9.47 Å². The maximum Gasteiger partial charge on any atom is 0.344 e. The summed E-state index contributed by atoms with van der Waals surface area (Å²) >= 11 is 3.27. The van der Waals surface area contributed by atoms with Crippen LogP contribution in [0.2, 0.25) is 0 Å². The fourth-order valence-corrected chi connectivity index (χ4v) is 3.97. The number of benzene rings is 1. The summed E-state index contributed by atoms with van der Waals surface area (Å²) in [6, 6.07) is 3.95. The highest BCUT2D eigenvalue weighted by atomic mass is 32.1. The molecule has 6 heteroatoms. The second-order valence-corrected chi connectivity index (χ2v) is 7.10. The molecule has 2 heterocycles. The largest absolute Gasteiger partial charge is 0.481 e. The zero-order valence-corrected chi connectivity index (χ0v) is 13.6. The van der Waals surface area contributed by atoms with Crippen LogP contribution < -0.4 is 4.74 Å². The van der Waals surface area contributed by atoms with Crippen LogP contribution in [0.5, 0.6) is 5.75 Å². The maximum atomic E-state index is 11.6. The van der Waals surface area contributed by atoms with Crippen molar-refractivity contribution in [2.75, 3.05) is 6.61 Å². The van der Waals surface area contributed by atoms with Gasteiger partial charge in [-0.05, 0) is 32.2 Å². The van der Waals surface area contributed by atoms with Crippen molar-refractivity contribution in [1.82, 2.24) is 4.98 Å². The number of fused-ring (bicyclic) bond motifs is 3. The summed E-state index contributed by atoms with van der Waals surface area (Å²) in [5, 5.41) is 4.03. The van der Waals surface area contributed by atoms with Crippen LogP contribution in [0.1, 0.15) is 18.9 Å². The van der Waals surface area contributed by atoms with Gasteiger partial charge in [-0.25, -0.2) is 9.78 Å². The van der Waals surface area contributed by atoms with Crippen molar-refractivity contribution in [3.05, 3.63) is 22.5 Å². The fourth-order valence-electron chi connectivity index (χ4n) is 2.14. The molecule has 0 aliphatic rings. The molecule has 0 spiro atoms. The van der Waals surface area contributed by atoms with Crippen LogP contribution in [0.25, 0.3) is 20.3 Å². The van der Waals surface area contributed by atoms with Crippen LogP contribution in [0.15, 0.2) is 17.5 Å². The summed E-state index contributed by atoms with van der Waals surface area (Å²) in [4.78, 5) is 16.2. The predicted octanol–water partition coefficient (Wildman–Crippen LogP) is 4.15. The monoisotopic (exact) mass is 321 g/mol. The van der Waals surface area contributed by atoms with Gasteiger partial charge in [-0.2, -0.15) is 0 Å². The number of aromatic nitrogens is 1. The Bertz CT molecular complexity index is 804. The third-order valence-corrected chi connectivity index (χ3v) is 4.72. The number of hydrogen-bond acceptors (Lipinski definition) is 6. The van der Waals surface area contributed by atoms with Gasteiger partial charge in [-0.15, -0.1) is 22.7 Å². The minimum Gasteiger partial charge on any atom is -0.481 e. The SMILES string of the molecule is Cc1nc2c(cc(OCC(=O)OC(C)C)c3ccsc32)s1. The van der Waals surface area contributed by atoms with Crippen LogP contribution in [-0.4, -0.2) is 23.7 Å². The summed E-state index contributed by atoms with van der Waals surface area (Å²) in [7, 11) is 0. The van der Waals surface area contributed by atoms with Crippen LogP contribution >= 0.6 is 22.7 Å². The molecule has 110 valence electrons. The molecule has 4 nitrogen and oxygen atoms in total. The van der Waals surface area contributed by atoms with Gasteiger partial charge in [0.2, 0.25) is 0 Å². The average Bonchev–Trinajstić information content (AvgIpc) is 2.99. The van der Waals surface area contributed by atoms with Gasteiger partial charge < -0.3 is 9.47 Å². The summed E-state index contributed by atoms with van der Waals surface area (Å²) in [5.41, 5.74) is 1.01. The van der Waals surface area contributed by atoms with E-state index in [0.29, 0.717) is 5.75 Å². The molecule has 0 saturated carbocycles. The molecule has 3 rings (SSSR count). The van der Waals surface area contributed by atoms with E-state index in [1.807, 2.05) is 38.3 Å². The second-order valence-electron chi connectivity index (χ2n) is 4.95. The average molecular weight is 321 g/mol. The molecule has 0 bridgehead atoms. The fraction of sp³-hybridized carbons (Fsp3) is 0.333. The molecule has 1 aromatic carbocycles. The Morgan fingerprint density at radius 2 is 2.24 bits per heavy atom. The first-order valence-electron chi connectivity index (χ1n) is 6.64. The van der Waals surface area contributed by atoms with E-state index in [-0.39, 0.29) is 18.7 Å². The summed E-state index contributed by atoms with van der Waals surface area (Å²) in [6.07, 6.45) is -0.131. The first-order chi connectivity index (χ1) is 10.0. The Kier molecular flexibility index (Phi) is 3.82. The van der Waals surface area contributed by atoms with Gasteiger partial charge >= 0.3 is 5.97 Å². The lowest BCUT2D eigenvalue weighted by Crippen LogP contribution is -2.18. The smallest absolute Gasteiger partial charge is 0.344 e. The highest BCUT2D eigenvalue weighted by molar-refractivity contribution is 7.21. The lowest BCUT2D eigenvalue weighted by Gasteiger charge is -2.10. The van der Waals surface area contributed by atoms with Crippen molar-refractivity contribution in [2.24, 2.45) is 0 Å². The van der Waals surface area contributed by atoms with E-state index >= 15 is 0 Å². The summed E-state index contributed by atoms with van der Waals surface area (Å²) in [6.45, 7) is 5.55. The molecule has 0 atom stereocenters. The lowest BCUT2D eigenvalue weighted by atomic mass is 10.2. The van der Waals surface area contributed by atoms with Crippen LogP contribution in [0.4, 0.5) is 0 Å². The van der Waals surface area contributed by atoms with Crippen molar-refractivity contribution < 1.29 is 14.3 Å². The highest BCUT2D eigenvalue weighted by Gasteiger charge is 2.14. The van der Waals surface area contributed by atoms with E-state index in [1.165, 1.54) is 0 Å². The molecule has 0 radical (unpaired) electrons. The molecular weight excluding hydrogens is 306 g/mol. The minimum atomic E-state index is -0.353. The van der Waals surface area contributed by atoms with Crippen molar-refractivity contribution in [1.29, 1.82) is 0 Å². The zero-order chi connectivity index (χ0) is 15.0. The summed E-state index contributed by atoms with van der Waals surface area (Å²) in [5.74, 6) is 0.358. The summed E-state index contributed by atoms with van der Waals surface area (Å²) < 4.78 is 12.9. The van der Waals surface area contributed by atoms with Gasteiger partial charge in [-0.3, -0.25) is 0 Å². The topological polar surface area (TPSA) is 48.4 Å². The van der Waals surface area contributed by atoms with Gasteiger partial charge in [0.05, 0.1) is 26.0 Å². The molecule has 0 aliphatic heterocycles. The van der Waals surface area contributed by atoms with Crippen LogP contribution in [-0.2, 0) is 9.53 Å². The Labute approximate surface area is 130 Å². The highest BCUT2D eigenvalue weighted by Crippen LogP contribution is 2.38. The predicted molar refractivity (Wildman–Crippen MR) is 86.5 cm³/mol. The first kappa shape index (κ1) is 14.3. The number of carbonyl (C=O) groups is 1. The normalized spacial score (nSPS) is 11.4. The standard InChI is InChI=1S/C15H15NO3S2/c1-8(2)19-13(17)7-18-11-6-12-14(16-9(3)21-12)15-10(11)4-5-20-15/h4-6,8H,7H2,1-3H3. The molecule has 0 unspecified atom stereocenters. The molecule has 0 aliphatic carbocycles. The van der Waals surface area contributed by atoms with Crippen molar-refractivity contribution in [2.45, 2.75) is 26.9 Å². The number of nitrogens with zero attached hydrogens (tertiary/aromatic N) is 1. The van der Waals surface area contributed by atoms with E-state index in [0.717, 1.165) is 25.3 Å². The molecule has 0 N–H and O–H groups in total. The molecule has 21 heavy (non-hydrogen) atoms. The number of carbonyl (C=O) groups excluding carboxylic acids is 1. The van der Waals surface area contributed by atoms with Crippen LogP contribution in [0.3, 0.4) is 0 Å². The van der Waals surface area contributed by atoms with Crippen molar-refractivity contribution in [3.63, 3.8) is 0 Å². The lowest BCUT2D eigenvalue weighted by molar-refractivity contribution is -0.149. The van der Waals surface area contributed by atoms with E-state index < -0.39 is 0 Å². The third kappa shape index (κ3) is 2.87. The molecular formula is C15H15NO3S2. The Balaban J connectivity index is 1.93. The van der Waals surface area contributed by atoms with Gasteiger partial charge in [0.15, 0.2) is 6.61 Å². The number of ether oxygens (including phenoxy) is 2.